The van der Waals surface area contributed by atoms with E-state index in [9.17, 15) is 4.79 Å². The summed E-state index contributed by atoms with van der Waals surface area (Å²) in [6, 6.07) is 11.3. The van der Waals surface area contributed by atoms with Gasteiger partial charge in [-0.3, -0.25) is 9.69 Å². The van der Waals surface area contributed by atoms with Crippen LogP contribution in [0.25, 0.3) is 21.1 Å². The van der Waals surface area contributed by atoms with Crippen molar-refractivity contribution in [3.63, 3.8) is 0 Å². The third-order valence-electron chi connectivity index (χ3n) is 6.36. The number of pyridine rings is 1. The first-order chi connectivity index (χ1) is 13.7. The van der Waals surface area contributed by atoms with Crippen molar-refractivity contribution in [2.24, 2.45) is 0 Å². The minimum atomic E-state index is 0.173. The molecule has 0 unspecified atom stereocenters. The number of piperazine rings is 1. The van der Waals surface area contributed by atoms with Crippen LogP contribution in [-0.4, -0.2) is 52.9 Å². The van der Waals surface area contributed by atoms with Gasteiger partial charge in [0.25, 0.3) is 5.91 Å². The molecule has 0 bridgehead atoms. The first-order valence-electron chi connectivity index (χ1n) is 10.5. The van der Waals surface area contributed by atoms with E-state index in [4.69, 9.17) is 4.98 Å². The van der Waals surface area contributed by atoms with Crippen LogP contribution in [0.4, 0.5) is 0 Å². The molecule has 5 heteroatoms. The fraction of sp³-hybridized carbons (Fsp3) is 0.478. The second kappa shape index (κ2) is 7.45. The van der Waals surface area contributed by atoms with Crippen molar-refractivity contribution in [2.45, 2.75) is 45.1 Å². The SMILES string of the molecule is Cc1ccc2cc3cc(C(=O)N4CCN(C5CCCCC5)CC4)sc3nc2c1. The fourth-order valence-corrected chi connectivity index (χ4v) is 5.72. The van der Waals surface area contributed by atoms with E-state index >= 15 is 0 Å². The molecule has 2 aliphatic rings. The van der Waals surface area contributed by atoms with Crippen molar-refractivity contribution in [1.29, 1.82) is 0 Å². The number of thiophene rings is 1. The van der Waals surface area contributed by atoms with E-state index in [-0.39, 0.29) is 5.91 Å². The lowest BCUT2D eigenvalue weighted by molar-refractivity contribution is 0.0527. The number of aromatic nitrogens is 1. The van der Waals surface area contributed by atoms with Crippen LogP contribution in [0.5, 0.6) is 0 Å². The molecule has 1 aromatic carbocycles. The molecule has 2 fully saturated rings. The maximum absolute atomic E-state index is 13.1. The van der Waals surface area contributed by atoms with E-state index in [2.05, 4.69) is 36.1 Å². The van der Waals surface area contributed by atoms with Crippen molar-refractivity contribution in [1.82, 2.24) is 14.8 Å². The predicted octanol–water partition coefficient (Wildman–Crippen LogP) is 4.85. The Morgan fingerprint density at radius 1 is 1.00 bits per heavy atom. The Morgan fingerprint density at radius 2 is 1.79 bits per heavy atom. The molecule has 0 radical (unpaired) electrons. The zero-order valence-electron chi connectivity index (χ0n) is 16.5. The predicted molar refractivity (Wildman–Crippen MR) is 116 cm³/mol. The Kier molecular flexibility index (Phi) is 4.81. The highest BCUT2D eigenvalue weighted by Crippen LogP contribution is 2.29. The Morgan fingerprint density at radius 3 is 2.57 bits per heavy atom. The average molecular weight is 394 g/mol. The van der Waals surface area contributed by atoms with Gasteiger partial charge in [0.05, 0.1) is 10.4 Å². The largest absolute Gasteiger partial charge is 0.335 e. The number of amides is 1. The van der Waals surface area contributed by atoms with Gasteiger partial charge in [0.1, 0.15) is 4.83 Å². The van der Waals surface area contributed by atoms with E-state index in [0.29, 0.717) is 0 Å². The summed E-state index contributed by atoms with van der Waals surface area (Å²) >= 11 is 1.53. The first-order valence-corrected chi connectivity index (χ1v) is 11.3. The summed E-state index contributed by atoms with van der Waals surface area (Å²) in [5.74, 6) is 0.173. The van der Waals surface area contributed by atoms with Gasteiger partial charge in [-0.1, -0.05) is 31.4 Å². The minimum Gasteiger partial charge on any atom is -0.335 e. The topological polar surface area (TPSA) is 36.4 Å². The van der Waals surface area contributed by atoms with Crippen molar-refractivity contribution in [3.8, 4) is 0 Å². The molecule has 3 heterocycles. The van der Waals surface area contributed by atoms with E-state index in [1.165, 1.54) is 49.0 Å². The molecule has 1 saturated carbocycles. The molecule has 4 nitrogen and oxygen atoms in total. The summed E-state index contributed by atoms with van der Waals surface area (Å²) in [6.07, 6.45) is 6.80. The van der Waals surface area contributed by atoms with E-state index in [0.717, 1.165) is 58.2 Å². The van der Waals surface area contributed by atoms with Crippen LogP contribution in [0.3, 0.4) is 0 Å². The van der Waals surface area contributed by atoms with Crippen LogP contribution in [-0.2, 0) is 0 Å². The molecular formula is C23H27N3OS. The number of carbonyl (C=O) groups excluding carboxylic acids is 1. The van der Waals surface area contributed by atoms with E-state index in [1.54, 1.807) is 0 Å². The maximum atomic E-state index is 13.1. The number of benzene rings is 1. The molecule has 5 rings (SSSR count). The van der Waals surface area contributed by atoms with Gasteiger partial charge in [-0.25, -0.2) is 4.98 Å². The molecule has 1 aliphatic heterocycles. The van der Waals surface area contributed by atoms with Crippen molar-refractivity contribution < 1.29 is 4.79 Å². The number of carbonyl (C=O) groups is 1. The quantitative estimate of drug-likeness (QED) is 0.624. The number of aryl methyl sites for hydroxylation is 1. The monoisotopic (exact) mass is 393 g/mol. The normalized spacial score (nSPS) is 19.5. The highest BCUT2D eigenvalue weighted by atomic mass is 32.1. The average Bonchev–Trinajstić information content (AvgIpc) is 3.15. The van der Waals surface area contributed by atoms with Crippen LogP contribution in [0, 0.1) is 6.92 Å². The Hall–Kier alpha value is -1.98. The molecule has 1 amide bonds. The zero-order valence-corrected chi connectivity index (χ0v) is 17.3. The molecule has 0 N–H and O–H groups in total. The standard InChI is InChI=1S/C23H27N3OS/c1-16-7-8-17-14-18-15-21(28-22(18)24-20(17)13-16)23(27)26-11-9-25(10-12-26)19-5-3-2-4-6-19/h7-8,13-15,19H,2-6,9-12H2,1H3. The maximum Gasteiger partial charge on any atom is 0.264 e. The molecule has 28 heavy (non-hydrogen) atoms. The number of hydrogen-bond donors (Lipinski definition) is 0. The highest BCUT2D eigenvalue weighted by molar-refractivity contribution is 7.20. The molecule has 0 spiro atoms. The van der Waals surface area contributed by atoms with Crippen molar-refractivity contribution in [2.75, 3.05) is 26.2 Å². The highest BCUT2D eigenvalue weighted by Gasteiger charge is 2.28. The molecule has 1 aliphatic carbocycles. The van der Waals surface area contributed by atoms with Crippen LogP contribution in [0.2, 0.25) is 0 Å². The lowest BCUT2D eigenvalue weighted by Crippen LogP contribution is -2.52. The summed E-state index contributed by atoms with van der Waals surface area (Å²) in [6.45, 7) is 5.81. The summed E-state index contributed by atoms with van der Waals surface area (Å²) in [5.41, 5.74) is 2.22. The van der Waals surface area contributed by atoms with Gasteiger partial charge in [-0.2, -0.15) is 0 Å². The van der Waals surface area contributed by atoms with Crippen molar-refractivity contribution in [3.05, 3.63) is 40.8 Å². The smallest absolute Gasteiger partial charge is 0.264 e. The molecule has 0 atom stereocenters. The second-order valence-corrected chi connectivity index (χ2v) is 9.34. The fourth-order valence-electron chi connectivity index (χ4n) is 4.73. The Balaban J connectivity index is 1.32. The lowest BCUT2D eigenvalue weighted by atomic mass is 9.94. The zero-order chi connectivity index (χ0) is 19.1. The summed E-state index contributed by atoms with van der Waals surface area (Å²) in [4.78, 5) is 24.3. The van der Waals surface area contributed by atoms with Crippen LogP contribution < -0.4 is 0 Å². The number of nitrogens with zero attached hydrogens (tertiary/aromatic N) is 3. The van der Waals surface area contributed by atoms with Gasteiger partial charge in [0.2, 0.25) is 0 Å². The second-order valence-electron chi connectivity index (χ2n) is 8.31. The van der Waals surface area contributed by atoms with Gasteiger partial charge >= 0.3 is 0 Å². The number of fused-ring (bicyclic) bond motifs is 2. The number of hydrogen-bond acceptors (Lipinski definition) is 4. The van der Waals surface area contributed by atoms with Gasteiger partial charge < -0.3 is 4.90 Å². The van der Waals surface area contributed by atoms with E-state index in [1.807, 2.05) is 11.0 Å². The van der Waals surface area contributed by atoms with Gasteiger partial charge in [-0.05, 0) is 43.5 Å². The molecule has 1 saturated heterocycles. The van der Waals surface area contributed by atoms with Crippen LogP contribution >= 0.6 is 11.3 Å². The van der Waals surface area contributed by atoms with Gasteiger partial charge in [0.15, 0.2) is 0 Å². The summed E-state index contributed by atoms with van der Waals surface area (Å²) < 4.78 is 0. The molecule has 146 valence electrons. The van der Waals surface area contributed by atoms with E-state index < -0.39 is 0 Å². The third kappa shape index (κ3) is 3.42. The first kappa shape index (κ1) is 18.1. The number of rotatable bonds is 2. The van der Waals surface area contributed by atoms with Crippen molar-refractivity contribution >= 4 is 38.4 Å². The van der Waals surface area contributed by atoms with Crippen LogP contribution in [0.15, 0.2) is 30.3 Å². The minimum absolute atomic E-state index is 0.173. The Bertz CT molecular complexity index is 1010. The molecular weight excluding hydrogens is 366 g/mol. The summed E-state index contributed by atoms with van der Waals surface area (Å²) in [7, 11) is 0. The third-order valence-corrected chi connectivity index (χ3v) is 7.40. The van der Waals surface area contributed by atoms with Gasteiger partial charge in [-0.15, -0.1) is 11.3 Å². The molecule has 3 aromatic rings. The Labute approximate surface area is 170 Å². The van der Waals surface area contributed by atoms with Crippen LogP contribution in [0.1, 0.15) is 47.3 Å². The summed E-state index contributed by atoms with van der Waals surface area (Å²) in [5, 5.41) is 2.21. The lowest BCUT2D eigenvalue weighted by Gasteiger charge is -2.40. The molecule has 2 aromatic heterocycles. The van der Waals surface area contributed by atoms with Gasteiger partial charge in [0, 0.05) is 43.0 Å².